The Labute approximate surface area is 179 Å². The van der Waals surface area contributed by atoms with Crippen molar-refractivity contribution in [3.05, 3.63) is 35.3 Å². The number of esters is 1. The molecule has 0 atom stereocenters. The fourth-order valence-corrected chi connectivity index (χ4v) is 4.53. The number of carbonyl (C=O) groups is 2. The zero-order valence-corrected chi connectivity index (χ0v) is 18.2. The van der Waals surface area contributed by atoms with E-state index in [-0.39, 0.29) is 17.6 Å². The Hall–Kier alpha value is -2.50. The number of amides is 1. The standard InChI is InChI=1S/C18H18N4O4S3/c1-3-25-12-7-5-11(6-8-12)16-19-13(9-27-16)15(24)20-17-21-22-18(29-17)28-10-14(23)26-4-2/h5-9H,3-4,10H2,1-2H3,(H,20,21,24). The quantitative estimate of drug-likeness (QED) is 0.297. The third-order valence-electron chi connectivity index (χ3n) is 3.39. The van der Waals surface area contributed by atoms with Crippen LogP contribution in [0.15, 0.2) is 34.0 Å². The molecule has 0 radical (unpaired) electrons. The number of rotatable bonds is 9. The Balaban J connectivity index is 1.58. The first-order valence-corrected chi connectivity index (χ1v) is 11.4. The highest BCUT2D eigenvalue weighted by molar-refractivity contribution is 8.01. The average molecular weight is 451 g/mol. The van der Waals surface area contributed by atoms with Crippen molar-refractivity contribution in [2.45, 2.75) is 18.2 Å². The number of thioether (sulfide) groups is 1. The van der Waals surface area contributed by atoms with Crippen molar-refractivity contribution >= 4 is 51.4 Å². The predicted octanol–water partition coefficient (Wildman–Crippen LogP) is 3.97. The van der Waals surface area contributed by atoms with Gasteiger partial charge in [0.05, 0.1) is 19.0 Å². The lowest BCUT2D eigenvalue weighted by Gasteiger charge is -2.03. The number of hydrogen-bond donors (Lipinski definition) is 1. The number of nitrogens with zero attached hydrogens (tertiary/aromatic N) is 3. The summed E-state index contributed by atoms with van der Waals surface area (Å²) in [4.78, 5) is 28.2. The molecule has 1 aromatic carbocycles. The van der Waals surface area contributed by atoms with Gasteiger partial charge in [-0.3, -0.25) is 14.9 Å². The monoisotopic (exact) mass is 450 g/mol. The summed E-state index contributed by atoms with van der Waals surface area (Å²) in [6.07, 6.45) is 0. The lowest BCUT2D eigenvalue weighted by atomic mass is 10.2. The van der Waals surface area contributed by atoms with E-state index in [9.17, 15) is 9.59 Å². The molecule has 1 N–H and O–H groups in total. The Morgan fingerprint density at radius 1 is 1.14 bits per heavy atom. The second-order valence-corrected chi connectivity index (χ2v) is 8.47. The summed E-state index contributed by atoms with van der Waals surface area (Å²) in [5.74, 6) is 0.256. The SMILES string of the molecule is CCOC(=O)CSc1nnc(NC(=O)c2csc(-c3ccc(OCC)cc3)n2)s1. The van der Waals surface area contributed by atoms with Crippen LogP contribution in [0.2, 0.25) is 0 Å². The summed E-state index contributed by atoms with van der Waals surface area (Å²) in [6, 6.07) is 7.56. The molecule has 8 nitrogen and oxygen atoms in total. The highest BCUT2D eigenvalue weighted by Crippen LogP contribution is 2.28. The molecule has 2 heterocycles. The summed E-state index contributed by atoms with van der Waals surface area (Å²) in [5.41, 5.74) is 1.21. The molecular formula is C18H18N4O4S3. The fraction of sp³-hybridized carbons (Fsp3) is 0.278. The van der Waals surface area contributed by atoms with Gasteiger partial charge in [0.2, 0.25) is 5.13 Å². The average Bonchev–Trinajstić information content (AvgIpc) is 3.37. The first kappa shape index (κ1) is 21.2. The third kappa shape index (κ3) is 5.99. The van der Waals surface area contributed by atoms with Crippen molar-refractivity contribution < 1.29 is 19.1 Å². The van der Waals surface area contributed by atoms with E-state index in [2.05, 4.69) is 20.5 Å². The van der Waals surface area contributed by atoms with Crippen molar-refractivity contribution in [3.8, 4) is 16.3 Å². The van der Waals surface area contributed by atoms with E-state index in [1.807, 2.05) is 31.2 Å². The van der Waals surface area contributed by atoms with Gasteiger partial charge in [0.25, 0.3) is 5.91 Å². The van der Waals surface area contributed by atoms with Crippen LogP contribution in [-0.2, 0) is 9.53 Å². The van der Waals surface area contributed by atoms with Crippen LogP contribution in [0.4, 0.5) is 5.13 Å². The summed E-state index contributed by atoms with van der Waals surface area (Å²) in [5, 5.41) is 13.3. The van der Waals surface area contributed by atoms with E-state index in [0.717, 1.165) is 16.3 Å². The van der Waals surface area contributed by atoms with E-state index in [4.69, 9.17) is 9.47 Å². The molecule has 3 aromatic rings. The van der Waals surface area contributed by atoms with Gasteiger partial charge in [-0.15, -0.1) is 21.5 Å². The Bertz CT molecular complexity index is 972. The Kier molecular flexibility index (Phi) is 7.55. The number of anilines is 1. The molecule has 0 saturated heterocycles. The van der Waals surface area contributed by atoms with E-state index in [0.29, 0.717) is 28.4 Å². The lowest BCUT2D eigenvalue weighted by molar-refractivity contribution is -0.139. The zero-order valence-electron chi connectivity index (χ0n) is 15.7. The van der Waals surface area contributed by atoms with Gasteiger partial charge in [-0.25, -0.2) is 4.98 Å². The van der Waals surface area contributed by atoms with Crippen molar-refractivity contribution in [2.24, 2.45) is 0 Å². The number of nitrogens with one attached hydrogen (secondary N) is 1. The van der Waals surface area contributed by atoms with Gasteiger partial charge in [-0.05, 0) is 38.1 Å². The van der Waals surface area contributed by atoms with Crippen molar-refractivity contribution in [1.29, 1.82) is 0 Å². The molecule has 0 unspecified atom stereocenters. The van der Waals surface area contributed by atoms with Gasteiger partial charge >= 0.3 is 5.97 Å². The molecule has 0 fully saturated rings. The van der Waals surface area contributed by atoms with Gasteiger partial charge in [0.15, 0.2) is 4.34 Å². The molecule has 2 aromatic heterocycles. The van der Waals surface area contributed by atoms with Gasteiger partial charge in [0, 0.05) is 10.9 Å². The topological polar surface area (TPSA) is 103 Å². The first-order valence-electron chi connectivity index (χ1n) is 8.71. The predicted molar refractivity (Wildman–Crippen MR) is 114 cm³/mol. The van der Waals surface area contributed by atoms with E-state index in [1.165, 1.54) is 34.4 Å². The van der Waals surface area contributed by atoms with Crippen LogP contribution >= 0.6 is 34.4 Å². The Morgan fingerprint density at radius 3 is 2.66 bits per heavy atom. The molecule has 0 bridgehead atoms. The maximum atomic E-state index is 12.4. The fourth-order valence-electron chi connectivity index (χ4n) is 2.17. The van der Waals surface area contributed by atoms with Crippen LogP contribution < -0.4 is 10.1 Å². The van der Waals surface area contributed by atoms with Crippen molar-refractivity contribution in [3.63, 3.8) is 0 Å². The van der Waals surface area contributed by atoms with Crippen LogP contribution in [-0.4, -0.2) is 46.0 Å². The van der Waals surface area contributed by atoms with Crippen molar-refractivity contribution in [2.75, 3.05) is 24.3 Å². The molecule has 11 heteroatoms. The number of thiazole rings is 1. The van der Waals surface area contributed by atoms with Gasteiger partial charge in [-0.1, -0.05) is 23.1 Å². The number of benzene rings is 1. The highest BCUT2D eigenvalue weighted by Gasteiger charge is 2.15. The summed E-state index contributed by atoms with van der Waals surface area (Å²) < 4.78 is 10.9. The first-order chi connectivity index (χ1) is 14.1. The number of aromatic nitrogens is 3. The van der Waals surface area contributed by atoms with Crippen LogP contribution in [0.1, 0.15) is 24.3 Å². The molecule has 0 spiro atoms. The molecule has 0 aliphatic carbocycles. The van der Waals surface area contributed by atoms with Crippen LogP contribution in [0.25, 0.3) is 10.6 Å². The smallest absolute Gasteiger partial charge is 0.316 e. The second-order valence-electron chi connectivity index (χ2n) is 5.42. The molecule has 0 aliphatic rings. The minimum Gasteiger partial charge on any atom is -0.494 e. The number of carbonyl (C=O) groups excluding carboxylic acids is 2. The molecule has 1 amide bonds. The van der Waals surface area contributed by atoms with Crippen LogP contribution in [0, 0.1) is 0 Å². The minimum atomic E-state index is -0.364. The Morgan fingerprint density at radius 2 is 1.93 bits per heavy atom. The van der Waals surface area contributed by atoms with Gasteiger partial charge < -0.3 is 9.47 Å². The molecule has 152 valence electrons. The molecule has 29 heavy (non-hydrogen) atoms. The zero-order chi connectivity index (χ0) is 20.6. The van der Waals surface area contributed by atoms with Crippen LogP contribution in [0.3, 0.4) is 0 Å². The van der Waals surface area contributed by atoms with E-state index in [1.54, 1.807) is 12.3 Å². The molecule has 0 saturated carbocycles. The third-order valence-corrected chi connectivity index (χ3v) is 6.23. The minimum absolute atomic E-state index is 0.147. The largest absolute Gasteiger partial charge is 0.494 e. The number of ether oxygens (including phenoxy) is 2. The summed E-state index contributed by atoms with van der Waals surface area (Å²) >= 11 is 3.78. The summed E-state index contributed by atoms with van der Waals surface area (Å²) in [6.45, 7) is 4.62. The lowest BCUT2D eigenvalue weighted by Crippen LogP contribution is -2.12. The molecular weight excluding hydrogens is 432 g/mol. The maximum Gasteiger partial charge on any atom is 0.316 e. The second kappa shape index (κ2) is 10.3. The van der Waals surface area contributed by atoms with Crippen molar-refractivity contribution in [1.82, 2.24) is 15.2 Å². The van der Waals surface area contributed by atoms with Crippen LogP contribution in [0.5, 0.6) is 5.75 Å². The number of hydrogen-bond acceptors (Lipinski definition) is 10. The molecule has 0 aliphatic heterocycles. The van der Waals surface area contributed by atoms with E-state index < -0.39 is 0 Å². The maximum absolute atomic E-state index is 12.4. The van der Waals surface area contributed by atoms with Gasteiger partial charge in [-0.2, -0.15) is 0 Å². The summed E-state index contributed by atoms with van der Waals surface area (Å²) in [7, 11) is 0. The normalized spacial score (nSPS) is 10.6. The van der Waals surface area contributed by atoms with Gasteiger partial charge in [0.1, 0.15) is 16.5 Å². The molecule has 3 rings (SSSR count). The van der Waals surface area contributed by atoms with E-state index >= 15 is 0 Å². The highest BCUT2D eigenvalue weighted by atomic mass is 32.2.